The van der Waals surface area contributed by atoms with Crippen LogP contribution in [0.4, 0.5) is 17.2 Å². The fraction of sp³-hybridized carbons (Fsp3) is 0.130. The first-order valence-corrected chi connectivity index (χ1v) is 9.49. The van der Waals surface area contributed by atoms with E-state index >= 15 is 0 Å². The zero-order chi connectivity index (χ0) is 20.9. The second-order valence-electron chi connectivity index (χ2n) is 6.83. The van der Waals surface area contributed by atoms with E-state index in [0.717, 1.165) is 33.5 Å². The van der Waals surface area contributed by atoms with Gasteiger partial charge >= 0.3 is 0 Å². The Morgan fingerprint density at radius 1 is 0.968 bits per heavy atom. The van der Waals surface area contributed by atoms with Gasteiger partial charge in [-0.2, -0.15) is 5.10 Å². The number of nitrogens with one attached hydrogen (secondary N) is 2. The summed E-state index contributed by atoms with van der Waals surface area (Å²) in [6.07, 6.45) is 4.15. The Morgan fingerprint density at radius 2 is 1.77 bits per heavy atom. The van der Waals surface area contributed by atoms with Gasteiger partial charge in [0.25, 0.3) is 0 Å². The number of carbonyl (C=O) groups excluding carboxylic acids is 1. The van der Waals surface area contributed by atoms with Crippen LogP contribution < -0.4 is 15.4 Å². The molecule has 0 aliphatic carbocycles. The third-order valence-corrected chi connectivity index (χ3v) is 4.63. The van der Waals surface area contributed by atoms with Crippen molar-refractivity contribution >= 4 is 46.3 Å². The maximum atomic E-state index is 11.5. The summed E-state index contributed by atoms with van der Waals surface area (Å²) in [6.45, 7) is 1.49. The van der Waals surface area contributed by atoms with Crippen molar-refractivity contribution in [2.45, 2.75) is 13.3 Å². The minimum atomic E-state index is -0.129. The van der Waals surface area contributed by atoms with E-state index in [1.165, 1.54) is 6.92 Å². The Kier molecular flexibility index (Phi) is 6.99. The van der Waals surface area contributed by atoms with Gasteiger partial charge in [-0.05, 0) is 42.0 Å². The van der Waals surface area contributed by atoms with Crippen LogP contribution in [0.15, 0.2) is 67.0 Å². The molecule has 0 aliphatic heterocycles. The van der Waals surface area contributed by atoms with Gasteiger partial charge in [0.05, 0.1) is 12.8 Å². The second kappa shape index (κ2) is 9.86. The van der Waals surface area contributed by atoms with Gasteiger partial charge < -0.3 is 15.4 Å². The number of methoxy groups -OCH3 is 1. The fourth-order valence-electron chi connectivity index (χ4n) is 3.25. The third-order valence-electron chi connectivity index (χ3n) is 4.63. The highest BCUT2D eigenvalue weighted by molar-refractivity contribution is 5.99. The lowest BCUT2D eigenvalue weighted by Gasteiger charge is -2.13. The summed E-state index contributed by atoms with van der Waals surface area (Å²) < 4.78 is 5.30. The number of amides is 1. The van der Waals surface area contributed by atoms with Crippen molar-refractivity contribution in [1.82, 2.24) is 15.2 Å². The second-order valence-corrected chi connectivity index (χ2v) is 6.83. The topological polar surface area (TPSA) is 89.0 Å². The van der Waals surface area contributed by atoms with E-state index in [1.54, 1.807) is 19.5 Å². The molecule has 0 saturated heterocycles. The molecule has 158 valence electrons. The van der Waals surface area contributed by atoms with Crippen LogP contribution in [0.1, 0.15) is 18.2 Å². The van der Waals surface area contributed by atoms with Crippen LogP contribution in [0.25, 0.3) is 10.8 Å². The SMILES string of the molecule is COc1cccc(Nc2nnc(Cc3ccncc3)c3ccc(NC(C)=O)cc23)c1.Cl. The minimum Gasteiger partial charge on any atom is -0.497 e. The molecular weight excluding hydrogens is 414 g/mol. The summed E-state index contributed by atoms with van der Waals surface area (Å²) in [5, 5.41) is 16.9. The van der Waals surface area contributed by atoms with Crippen LogP contribution >= 0.6 is 12.4 Å². The molecule has 4 rings (SSSR count). The minimum absolute atomic E-state index is 0. The predicted octanol–water partition coefficient (Wildman–Crippen LogP) is 4.75. The molecule has 0 spiro atoms. The molecule has 2 N–H and O–H groups in total. The summed E-state index contributed by atoms with van der Waals surface area (Å²) in [7, 11) is 1.63. The molecule has 0 bridgehead atoms. The van der Waals surface area contributed by atoms with Crippen molar-refractivity contribution in [3.8, 4) is 5.75 Å². The summed E-state index contributed by atoms with van der Waals surface area (Å²) in [4.78, 5) is 15.6. The fourth-order valence-corrected chi connectivity index (χ4v) is 3.25. The molecule has 0 fully saturated rings. The number of aromatic nitrogens is 3. The van der Waals surface area contributed by atoms with E-state index in [9.17, 15) is 4.79 Å². The molecule has 2 heterocycles. The smallest absolute Gasteiger partial charge is 0.221 e. The Labute approximate surface area is 186 Å². The Balaban J connectivity index is 0.00000272. The predicted molar refractivity (Wildman–Crippen MR) is 124 cm³/mol. The van der Waals surface area contributed by atoms with Crippen molar-refractivity contribution in [1.29, 1.82) is 0 Å². The maximum Gasteiger partial charge on any atom is 0.221 e. The lowest BCUT2D eigenvalue weighted by molar-refractivity contribution is -0.114. The number of ether oxygens (including phenoxy) is 1. The van der Waals surface area contributed by atoms with Crippen molar-refractivity contribution in [2.75, 3.05) is 17.7 Å². The molecule has 0 aliphatic rings. The molecule has 8 heteroatoms. The van der Waals surface area contributed by atoms with Gasteiger partial charge in [-0.1, -0.05) is 12.1 Å². The van der Waals surface area contributed by atoms with Gasteiger partial charge in [0.2, 0.25) is 5.91 Å². The third kappa shape index (κ3) is 5.26. The van der Waals surface area contributed by atoms with Gasteiger partial charge in [0.15, 0.2) is 5.82 Å². The first-order valence-electron chi connectivity index (χ1n) is 9.49. The standard InChI is InChI=1S/C23H21N5O2.ClH/c1-15(29)25-18-6-7-20-21(14-18)23(26-17-4-3-5-19(13-17)30-2)28-27-22(20)12-16-8-10-24-11-9-16;/h3-11,13-14H,12H2,1-2H3,(H,25,29)(H,26,28);1H. The van der Waals surface area contributed by atoms with Crippen LogP contribution in [0.3, 0.4) is 0 Å². The summed E-state index contributed by atoms with van der Waals surface area (Å²) in [5.74, 6) is 1.21. The van der Waals surface area contributed by atoms with Crippen molar-refractivity contribution in [3.63, 3.8) is 0 Å². The molecule has 2 aromatic heterocycles. The van der Waals surface area contributed by atoms with Gasteiger partial charge in [-0.15, -0.1) is 17.5 Å². The molecule has 4 aromatic rings. The number of anilines is 3. The number of hydrogen-bond acceptors (Lipinski definition) is 6. The van der Waals surface area contributed by atoms with Crippen LogP contribution in [-0.2, 0) is 11.2 Å². The Morgan fingerprint density at radius 3 is 2.52 bits per heavy atom. The monoisotopic (exact) mass is 435 g/mol. The molecule has 7 nitrogen and oxygen atoms in total. The lowest BCUT2D eigenvalue weighted by Crippen LogP contribution is -2.07. The van der Waals surface area contributed by atoms with Gasteiger partial charge in [0.1, 0.15) is 5.75 Å². The average molecular weight is 436 g/mol. The number of rotatable bonds is 6. The van der Waals surface area contributed by atoms with E-state index in [2.05, 4.69) is 25.8 Å². The highest BCUT2D eigenvalue weighted by atomic mass is 35.5. The maximum absolute atomic E-state index is 11.5. The number of benzene rings is 2. The van der Waals surface area contributed by atoms with Gasteiger partial charge in [-0.25, -0.2) is 0 Å². The highest BCUT2D eigenvalue weighted by Gasteiger charge is 2.12. The average Bonchev–Trinajstić information content (AvgIpc) is 2.76. The van der Waals surface area contributed by atoms with Crippen LogP contribution in [-0.4, -0.2) is 28.2 Å². The van der Waals surface area contributed by atoms with Gasteiger partial charge in [0, 0.05) is 54.0 Å². The van der Waals surface area contributed by atoms with Crippen LogP contribution in [0.2, 0.25) is 0 Å². The summed E-state index contributed by atoms with van der Waals surface area (Å²) >= 11 is 0. The number of carbonyl (C=O) groups is 1. The van der Waals surface area contributed by atoms with E-state index in [1.807, 2.05) is 54.6 Å². The molecular formula is C23H22ClN5O2. The number of nitrogens with zero attached hydrogens (tertiary/aromatic N) is 3. The van der Waals surface area contributed by atoms with E-state index in [4.69, 9.17) is 4.74 Å². The van der Waals surface area contributed by atoms with Gasteiger partial charge in [-0.3, -0.25) is 9.78 Å². The number of halogens is 1. The van der Waals surface area contributed by atoms with Crippen LogP contribution in [0, 0.1) is 0 Å². The zero-order valence-electron chi connectivity index (χ0n) is 17.1. The van der Waals surface area contributed by atoms with Crippen molar-refractivity contribution in [2.24, 2.45) is 0 Å². The number of hydrogen-bond donors (Lipinski definition) is 2. The quantitative estimate of drug-likeness (QED) is 0.454. The van der Waals surface area contributed by atoms with Crippen molar-refractivity contribution < 1.29 is 9.53 Å². The first-order chi connectivity index (χ1) is 14.6. The van der Waals surface area contributed by atoms with Crippen LogP contribution in [0.5, 0.6) is 5.75 Å². The Hall–Kier alpha value is -3.71. The molecule has 0 atom stereocenters. The number of pyridine rings is 1. The number of fused-ring (bicyclic) bond motifs is 1. The molecule has 31 heavy (non-hydrogen) atoms. The largest absolute Gasteiger partial charge is 0.497 e. The van der Waals surface area contributed by atoms with E-state index in [0.29, 0.717) is 17.9 Å². The first kappa shape index (κ1) is 22.0. The highest BCUT2D eigenvalue weighted by Crippen LogP contribution is 2.30. The molecule has 0 radical (unpaired) electrons. The van der Waals surface area contributed by atoms with E-state index < -0.39 is 0 Å². The van der Waals surface area contributed by atoms with E-state index in [-0.39, 0.29) is 18.3 Å². The summed E-state index contributed by atoms with van der Waals surface area (Å²) in [6, 6.07) is 17.3. The van der Waals surface area contributed by atoms with Crippen molar-refractivity contribution in [3.05, 3.63) is 78.2 Å². The lowest BCUT2D eigenvalue weighted by atomic mass is 10.0. The molecule has 1 amide bonds. The Bertz CT molecular complexity index is 1200. The summed E-state index contributed by atoms with van der Waals surface area (Å²) in [5.41, 5.74) is 3.48. The normalized spacial score (nSPS) is 10.3. The zero-order valence-corrected chi connectivity index (χ0v) is 17.9. The molecule has 2 aromatic carbocycles. The molecule has 0 unspecified atom stereocenters. The molecule has 0 saturated carbocycles.